The first-order valence-electron chi connectivity index (χ1n) is 5.56. The lowest BCUT2D eigenvalue weighted by Gasteiger charge is -2.18. The third-order valence-electron chi connectivity index (χ3n) is 2.51. The molecule has 0 aliphatic carbocycles. The predicted molar refractivity (Wildman–Crippen MR) is 72.8 cm³/mol. The summed E-state index contributed by atoms with van der Waals surface area (Å²) in [6, 6.07) is 6.97. The van der Waals surface area contributed by atoms with Crippen molar-refractivity contribution in [1.29, 1.82) is 0 Å². The number of carbonyl (C=O) groups excluding carboxylic acids is 1. The number of rotatable bonds is 6. The van der Waals surface area contributed by atoms with Gasteiger partial charge in [-0.05, 0) is 26.2 Å². The van der Waals surface area contributed by atoms with Crippen molar-refractivity contribution in [2.75, 3.05) is 20.6 Å². The second-order valence-corrected chi connectivity index (χ2v) is 5.34. The van der Waals surface area contributed by atoms with Crippen LogP contribution in [0.1, 0.15) is 16.8 Å². The number of carboxylic acids is 1. The van der Waals surface area contributed by atoms with Gasteiger partial charge in [0.05, 0.1) is 6.42 Å². The molecule has 0 heterocycles. The molecule has 1 aromatic rings. The second-order valence-electron chi connectivity index (χ2n) is 4.43. The smallest absolute Gasteiger partial charge is 0.304 e. The van der Waals surface area contributed by atoms with Gasteiger partial charge in [0.25, 0.3) is 0 Å². The Labute approximate surface area is 115 Å². The van der Waals surface area contributed by atoms with Crippen molar-refractivity contribution < 1.29 is 14.7 Å². The normalized spacial score (nSPS) is 12.4. The molecule has 0 aromatic heterocycles. The van der Waals surface area contributed by atoms with Crippen LogP contribution in [0.5, 0.6) is 0 Å². The standard InChI is InChI=1S/C13H16BrNO3/c1-15(2)8-10(7-12(16)17)13(18)9-3-5-11(14)6-4-9/h3-6,10H,7-8H2,1-2H3,(H,16,17). The Morgan fingerprint density at radius 2 is 1.83 bits per heavy atom. The minimum atomic E-state index is -0.952. The van der Waals surface area contributed by atoms with Crippen LogP contribution >= 0.6 is 15.9 Å². The monoisotopic (exact) mass is 313 g/mol. The number of Topliss-reactive ketones (excluding diaryl/α,β-unsaturated/α-hetero) is 1. The number of nitrogens with zero attached hydrogens (tertiary/aromatic N) is 1. The molecule has 4 nitrogen and oxygen atoms in total. The summed E-state index contributed by atoms with van der Waals surface area (Å²) in [5.74, 6) is -1.59. The zero-order valence-electron chi connectivity index (χ0n) is 10.4. The van der Waals surface area contributed by atoms with Crippen molar-refractivity contribution in [1.82, 2.24) is 4.90 Å². The first kappa shape index (κ1) is 14.9. The van der Waals surface area contributed by atoms with Crippen molar-refractivity contribution in [2.24, 2.45) is 5.92 Å². The van der Waals surface area contributed by atoms with Crippen LogP contribution in [0.25, 0.3) is 0 Å². The van der Waals surface area contributed by atoms with Crippen molar-refractivity contribution in [3.05, 3.63) is 34.3 Å². The molecule has 1 aromatic carbocycles. The molecule has 0 amide bonds. The van der Waals surface area contributed by atoms with E-state index < -0.39 is 11.9 Å². The highest BCUT2D eigenvalue weighted by atomic mass is 79.9. The number of halogens is 1. The lowest BCUT2D eigenvalue weighted by atomic mass is 9.94. The lowest BCUT2D eigenvalue weighted by Crippen LogP contribution is -2.30. The molecule has 0 aliphatic rings. The second kappa shape index (κ2) is 6.66. The van der Waals surface area contributed by atoms with Gasteiger partial charge in [-0.15, -0.1) is 0 Å². The van der Waals surface area contributed by atoms with E-state index in [1.165, 1.54) is 0 Å². The van der Waals surface area contributed by atoms with Crippen LogP contribution in [0.3, 0.4) is 0 Å². The molecule has 0 bridgehead atoms. The average molecular weight is 314 g/mol. The van der Waals surface area contributed by atoms with Gasteiger partial charge < -0.3 is 10.0 Å². The topological polar surface area (TPSA) is 57.6 Å². The molecule has 0 radical (unpaired) electrons. The summed E-state index contributed by atoms with van der Waals surface area (Å²) in [7, 11) is 3.65. The Balaban J connectivity index is 2.87. The molecular weight excluding hydrogens is 298 g/mol. The number of aliphatic carboxylic acids is 1. The first-order valence-corrected chi connectivity index (χ1v) is 6.35. The van der Waals surface area contributed by atoms with E-state index in [1.807, 2.05) is 19.0 Å². The molecule has 0 saturated heterocycles. The van der Waals surface area contributed by atoms with E-state index in [4.69, 9.17) is 5.11 Å². The molecule has 5 heteroatoms. The summed E-state index contributed by atoms with van der Waals surface area (Å²) in [6.45, 7) is 0.432. The number of hydrogen-bond donors (Lipinski definition) is 1. The maximum atomic E-state index is 12.2. The number of hydrogen-bond acceptors (Lipinski definition) is 3. The Bertz CT molecular complexity index is 428. The van der Waals surface area contributed by atoms with Gasteiger partial charge in [0.2, 0.25) is 0 Å². The van der Waals surface area contributed by atoms with Gasteiger partial charge in [-0.3, -0.25) is 9.59 Å². The van der Waals surface area contributed by atoms with E-state index >= 15 is 0 Å². The molecule has 0 spiro atoms. The first-order chi connectivity index (χ1) is 8.40. The van der Waals surface area contributed by atoms with Crippen LogP contribution in [0.4, 0.5) is 0 Å². The third kappa shape index (κ3) is 4.58. The number of carbonyl (C=O) groups is 2. The van der Waals surface area contributed by atoms with Gasteiger partial charge in [0.1, 0.15) is 0 Å². The van der Waals surface area contributed by atoms with Gasteiger partial charge in [0.15, 0.2) is 5.78 Å². The molecular formula is C13H16BrNO3. The van der Waals surface area contributed by atoms with E-state index in [2.05, 4.69) is 15.9 Å². The van der Waals surface area contributed by atoms with E-state index in [0.29, 0.717) is 12.1 Å². The van der Waals surface area contributed by atoms with E-state index in [0.717, 1.165) is 4.47 Å². The van der Waals surface area contributed by atoms with Crippen LogP contribution in [0, 0.1) is 5.92 Å². The minimum absolute atomic E-state index is 0.126. The lowest BCUT2D eigenvalue weighted by molar-refractivity contribution is -0.137. The Hall–Kier alpha value is -1.20. The van der Waals surface area contributed by atoms with Crippen LogP contribution in [-0.4, -0.2) is 42.4 Å². The molecule has 0 aliphatic heterocycles. The number of ketones is 1. The summed E-state index contributed by atoms with van der Waals surface area (Å²) in [5, 5.41) is 8.86. The predicted octanol–water partition coefficient (Wildman–Crippen LogP) is 2.28. The average Bonchev–Trinajstić information content (AvgIpc) is 2.27. The molecule has 98 valence electrons. The fraction of sp³-hybridized carbons (Fsp3) is 0.385. The van der Waals surface area contributed by atoms with Crippen molar-refractivity contribution in [3.63, 3.8) is 0 Å². The van der Waals surface area contributed by atoms with E-state index in [-0.39, 0.29) is 12.2 Å². The fourth-order valence-electron chi connectivity index (χ4n) is 1.74. The summed E-state index contributed by atoms with van der Waals surface area (Å²) in [5.41, 5.74) is 0.548. The summed E-state index contributed by atoms with van der Waals surface area (Å²) >= 11 is 3.30. The van der Waals surface area contributed by atoms with Crippen LogP contribution in [0.2, 0.25) is 0 Å². The molecule has 0 fully saturated rings. The van der Waals surface area contributed by atoms with Gasteiger partial charge in [0, 0.05) is 22.5 Å². The van der Waals surface area contributed by atoms with Gasteiger partial charge in [-0.25, -0.2) is 0 Å². The highest BCUT2D eigenvalue weighted by Crippen LogP contribution is 2.16. The maximum Gasteiger partial charge on any atom is 0.304 e. The minimum Gasteiger partial charge on any atom is -0.481 e. The fourth-order valence-corrected chi connectivity index (χ4v) is 2.01. The Morgan fingerprint density at radius 3 is 2.28 bits per heavy atom. The Kier molecular flexibility index (Phi) is 5.50. The quantitative estimate of drug-likeness (QED) is 0.819. The van der Waals surface area contributed by atoms with Gasteiger partial charge in [-0.1, -0.05) is 28.1 Å². The molecule has 1 unspecified atom stereocenters. The Morgan fingerprint density at radius 1 is 1.28 bits per heavy atom. The maximum absolute atomic E-state index is 12.2. The molecule has 1 atom stereocenters. The zero-order valence-corrected chi connectivity index (χ0v) is 12.0. The van der Waals surface area contributed by atoms with E-state index in [9.17, 15) is 9.59 Å². The summed E-state index contributed by atoms with van der Waals surface area (Å²) in [6.07, 6.45) is -0.146. The van der Waals surface area contributed by atoms with Gasteiger partial charge >= 0.3 is 5.97 Å². The van der Waals surface area contributed by atoms with Gasteiger partial charge in [-0.2, -0.15) is 0 Å². The largest absolute Gasteiger partial charge is 0.481 e. The van der Waals surface area contributed by atoms with Crippen LogP contribution in [0.15, 0.2) is 28.7 Å². The number of benzene rings is 1. The van der Waals surface area contributed by atoms with E-state index in [1.54, 1.807) is 24.3 Å². The SMILES string of the molecule is CN(C)CC(CC(=O)O)C(=O)c1ccc(Br)cc1. The highest BCUT2D eigenvalue weighted by Gasteiger charge is 2.23. The van der Waals surface area contributed by atoms with Crippen molar-refractivity contribution in [3.8, 4) is 0 Å². The zero-order chi connectivity index (χ0) is 13.7. The van der Waals surface area contributed by atoms with Crippen LogP contribution < -0.4 is 0 Å². The molecule has 0 saturated carbocycles. The van der Waals surface area contributed by atoms with Crippen molar-refractivity contribution >= 4 is 27.7 Å². The molecule has 1 rings (SSSR count). The van der Waals surface area contributed by atoms with Crippen LogP contribution in [-0.2, 0) is 4.79 Å². The summed E-state index contributed by atoms with van der Waals surface area (Å²) < 4.78 is 0.890. The summed E-state index contributed by atoms with van der Waals surface area (Å²) in [4.78, 5) is 24.8. The highest BCUT2D eigenvalue weighted by molar-refractivity contribution is 9.10. The molecule has 1 N–H and O–H groups in total. The van der Waals surface area contributed by atoms with Crippen molar-refractivity contribution in [2.45, 2.75) is 6.42 Å². The third-order valence-corrected chi connectivity index (χ3v) is 3.03. The number of carboxylic acid groups (broad SMARTS) is 1. The molecule has 18 heavy (non-hydrogen) atoms.